The first-order chi connectivity index (χ1) is 18.0. The quantitative estimate of drug-likeness (QED) is 0.181. The van der Waals surface area contributed by atoms with E-state index in [-0.39, 0.29) is 23.9 Å². The highest BCUT2D eigenvalue weighted by molar-refractivity contribution is 5.42. The molecule has 11 nitrogen and oxygen atoms in total. The van der Waals surface area contributed by atoms with E-state index < -0.39 is 37.3 Å². The molecule has 1 unspecified atom stereocenters. The van der Waals surface area contributed by atoms with Crippen LogP contribution in [-0.4, -0.2) is 98.3 Å². The van der Waals surface area contributed by atoms with Crippen LogP contribution in [0.4, 0.5) is 0 Å². The van der Waals surface area contributed by atoms with Crippen molar-refractivity contribution in [3.05, 3.63) is 40.6 Å². The van der Waals surface area contributed by atoms with Crippen LogP contribution in [0.1, 0.15) is 62.4 Å². The Labute approximate surface area is 223 Å². The van der Waals surface area contributed by atoms with Gasteiger partial charge in [0.2, 0.25) is 12.2 Å². The Morgan fingerprint density at radius 1 is 1.13 bits per heavy atom. The van der Waals surface area contributed by atoms with Crippen molar-refractivity contribution in [2.45, 2.75) is 89.6 Å². The number of hydrogen-bond donors (Lipinski definition) is 7. The van der Waals surface area contributed by atoms with Gasteiger partial charge in [0.05, 0.1) is 19.8 Å². The van der Waals surface area contributed by atoms with Crippen LogP contribution in [-0.2, 0) is 11.2 Å². The highest BCUT2D eigenvalue weighted by atomic mass is 16.7. The molecule has 0 saturated carbocycles. The summed E-state index contributed by atoms with van der Waals surface area (Å²) < 4.78 is 17.3. The molecule has 1 aliphatic rings. The second-order valence-corrected chi connectivity index (χ2v) is 10.8. The topological polar surface area (TPSA) is 170 Å². The van der Waals surface area contributed by atoms with Gasteiger partial charge in [-0.3, -0.25) is 5.10 Å². The smallest absolute Gasteiger partial charge is 0.238 e. The van der Waals surface area contributed by atoms with Crippen molar-refractivity contribution in [3.63, 3.8) is 0 Å². The molecule has 0 amide bonds. The zero-order valence-corrected chi connectivity index (χ0v) is 22.8. The molecule has 0 aliphatic carbocycles. The normalized spacial score (nSPS) is 24.1. The Kier molecular flexibility index (Phi) is 10.5. The lowest BCUT2D eigenvalue weighted by molar-refractivity contribution is -0.278. The van der Waals surface area contributed by atoms with Crippen molar-refractivity contribution in [2.24, 2.45) is 0 Å². The van der Waals surface area contributed by atoms with E-state index in [2.05, 4.69) is 15.5 Å². The highest BCUT2D eigenvalue weighted by Gasteiger charge is 2.45. The average molecular weight is 538 g/mol. The van der Waals surface area contributed by atoms with Gasteiger partial charge in [-0.25, -0.2) is 0 Å². The Balaban J connectivity index is 1.69. The molecule has 1 aromatic heterocycles. The molecule has 38 heavy (non-hydrogen) atoms. The van der Waals surface area contributed by atoms with E-state index in [1.165, 1.54) is 0 Å². The molecule has 1 aromatic carbocycles. The summed E-state index contributed by atoms with van der Waals surface area (Å²) in [5.41, 5.74) is 3.39. The van der Waals surface area contributed by atoms with Crippen LogP contribution in [0.2, 0.25) is 0 Å². The fourth-order valence-corrected chi connectivity index (χ4v) is 4.27. The van der Waals surface area contributed by atoms with Gasteiger partial charge in [-0.15, -0.1) is 5.10 Å². The van der Waals surface area contributed by atoms with E-state index in [0.717, 1.165) is 41.1 Å². The van der Waals surface area contributed by atoms with Crippen LogP contribution in [0.25, 0.3) is 0 Å². The lowest BCUT2D eigenvalue weighted by atomic mass is 9.96. The van der Waals surface area contributed by atoms with E-state index >= 15 is 0 Å². The summed E-state index contributed by atoms with van der Waals surface area (Å²) >= 11 is 0. The van der Waals surface area contributed by atoms with Crippen LogP contribution in [0.15, 0.2) is 18.2 Å². The molecule has 1 saturated heterocycles. The number of ether oxygens (including phenoxy) is 3. The number of H-pyrrole nitrogens is 1. The molecule has 0 radical (unpaired) electrons. The van der Waals surface area contributed by atoms with Gasteiger partial charge in [0, 0.05) is 23.2 Å². The number of nitrogens with zero attached hydrogens (tertiary/aromatic N) is 1. The van der Waals surface area contributed by atoms with Gasteiger partial charge in [-0.05, 0) is 62.9 Å². The Bertz CT molecular complexity index is 1030. The van der Waals surface area contributed by atoms with Crippen LogP contribution in [0, 0.1) is 6.92 Å². The van der Waals surface area contributed by atoms with Crippen molar-refractivity contribution in [1.29, 1.82) is 0 Å². The first-order valence-electron chi connectivity index (χ1n) is 13.1. The molecule has 0 spiro atoms. The minimum atomic E-state index is -1.54. The zero-order valence-electron chi connectivity index (χ0n) is 22.8. The number of rotatable bonds is 13. The molecule has 1 aliphatic heterocycles. The summed E-state index contributed by atoms with van der Waals surface area (Å²) in [7, 11) is 0. The molecular weight excluding hydrogens is 494 g/mol. The molecule has 3 rings (SSSR count). The van der Waals surface area contributed by atoms with E-state index in [9.17, 15) is 25.5 Å². The summed E-state index contributed by atoms with van der Waals surface area (Å²) in [5, 5.41) is 60.0. The first-order valence-corrected chi connectivity index (χ1v) is 13.1. The van der Waals surface area contributed by atoms with E-state index in [0.29, 0.717) is 13.0 Å². The Morgan fingerprint density at radius 3 is 2.50 bits per heavy atom. The number of aromatic nitrogens is 2. The van der Waals surface area contributed by atoms with Crippen molar-refractivity contribution < 1.29 is 39.7 Å². The van der Waals surface area contributed by atoms with Crippen LogP contribution in [0.3, 0.4) is 0 Å². The van der Waals surface area contributed by atoms with E-state index in [1.807, 2.05) is 52.8 Å². The standard InChI is InChI=1S/C27H43N3O8/c1-15(2)21-19(25(30-29-21)38-26-24(35)23(34)22(33)20(13-31)37-26)12-17-7-8-18(11-16(17)3)36-10-6-9-28-27(4,5)14-32/h7-8,11,15,20,22-24,26,28,31-35H,6,9-10,12-14H2,1-5H3,(H,29,30)/t20-,22-,23+,24-,26?/m1/s1. The maximum Gasteiger partial charge on any atom is 0.238 e. The van der Waals surface area contributed by atoms with Gasteiger partial charge in [0.25, 0.3) is 0 Å². The summed E-state index contributed by atoms with van der Waals surface area (Å²) in [6.07, 6.45) is -5.63. The third-order valence-electron chi connectivity index (χ3n) is 6.78. The molecule has 5 atom stereocenters. The molecule has 7 N–H and O–H groups in total. The summed E-state index contributed by atoms with van der Waals surface area (Å²) in [4.78, 5) is 0. The monoisotopic (exact) mass is 537 g/mol. The predicted octanol–water partition coefficient (Wildman–Crippen LogP) is 0.740. The fourth-order valence-electron chi connectivity index (χ4n) is 4.27. The van der Waals surface area contributed by atoms with Crippen LogP contribution >= 0.6 is 0 Å². The van der Waals surface area contributed by atoms with Crippen LogP contribution in [0.5, 0.6) is 11.6 Å². The molecule has 2 aromatic rings. The van der Waals surface area contributed by atoms with Gasteiger partial charge in [0.15, 0.2) is 0 Å². The highest BCUT2D eigenvalue weighted by Crippen LogP contribution is 2.32. The largest absolute Gasteiger partial charge is 0.494 e. The number of hydrogen-bond acceptors (Lipinski definition) is 10. The third kappa shape index (κ3) is 7.44. The summed E-state index contributed by atoms with van der Waals surface area (Å²) in [6, 6.07) is 5.89. The minimum Gasteiger partial charge on any atom is -0.494 e. The number of aryl methyl sites for hydroxylation is 1. The summed E-state index contributed by atoms with van der Waals surface area (Å²) in [5.74, 6) is 1.09. The summed E-state index contributed by atoms with van der Waals surface area (Å²) in [6.45, 7) is 10.7. The third-order valence-corrected chi connectivity index (χ3v) is 6.78. The minimum absolute atomic E-state index is 0.0684. The number of aliphatic hydroxyl groups is 5. The SMILES string of the molecule is Cc1cc(OCCCNC(C)(C)CO)ccc1Cc1c(OC2O[C@H](CO)[C@@H](O)[C@H](O)[C@H]2O)n[nH]c1C(C)C. The number of benzene rings is 1. The fraction of sp³-hybridized carbons (Fsp3) is 0.667. The first kappa shape index (κ1) is 30.3. The molecule has 1 fully saturated rings. The van der Waals surface area contributed by atoms with Crippen molar-refractivity contribution in [1.82, 2.24) is 15.5 Å². The van der Waals surface area contributed by atoms with Gasteiger partial charge in [0.1, 0.15) is 30.2 Å². The predicted molar refractivity (Wildman–Crippen MR) is 140 cm³/mol. The lowest BCUT2D eigenvalue weighted by Crippen LogP contribution is -2.60. The maximum absolute atomic E-state index is 10.4. The molecule has 214 valence electrons. The van der Waals surface area contributed by atoms with Gasteiger partial charge in [-0.2, -0.15) is 0 Å². The van der Waals surface area contributed by atoms with Gasteiger partial charge < -0.3 is 45.1 Å². The molecule has 11 heteroatoms. The maximum atomic E-state index is 10.4. The number of nitrogens with one attached hydrogen (secondary N) is 2. The Morgan fingerprint density at radius 2 is 1.87 bits per heavy atom. The van der Waals surface area contributed by atoms with Gasteiger partial charge in [-0.1, -0.05) is 19.9 Å². The number of aromatic amines is 1. The molecule has 0 bridgehead atoms. The van der Waals surface area contributed by atoms with Crippen molar-refractivity contribution in [2.75, 3.05) is 26.4 Å². The van der Waals surface area contributed by atoms with E-state index in [1.54, 1.807) is 0 Å². The second kappa shape index (κ2) is 13.2. The molecule has 2 heterocycles. The van der Waals surface area contributed by atoms with Crippen molar-refractivity contribution >= 4 is 0 Å². The second-order valence-electron chi connectivity index (χ2n) is 10.8. The van der Waals surface area contributed by atoms with E-state index in [4.69, 9.17) is 14.2 Å². The zero-order chi connectivity index (χ0) is 28.0. The molecular formula is C27H43N3O8. The average Bonchev–Trinajstić information content (AvgIpc) is 3.27. The van der Waals surface area contributed by atoms with Crippen LogP contribution < -0.4 is 14.8 Å². The van der Waals surface area contributed by atoms with Crippen molar-refractivity contribution in [3.8, 4) is 11.6 Å². The Hall–Kier alpha value is -2.25. The lowest BCUT2D eigenvalue weighted by Gasteiger charge is -2.39. The van der Waals surface area contributed by atoms with Gasteiger partial charge >= 0.3 is 0 Å². The number of aliphatic hydroxyl groups excluding tert-OH is 5.